The van der Waals surface area contributed by atoms with Crippen LogP contribution < -0.4 is 14.8 Å². The van der Waals surface area contributed by atoms with Crippen LogP contribution in [0.15, 0.2) is 47.6 Å². The molecule has 0 radical (unpaired) electrons. The second-order valence-corrected chi connectivity index (χ2v) is 8.18. The molecule has 3 aromatic rings. The van der Waals surface area contributed by atoms with Crippen LogP contribution in [-0.2, 0) is 18.4 Å². The van der Waals surface area contributed by atoms with Gasteiger partial charge in [-0.2, -0.15) is 0 Å². The molecule has 11 heteroatoms. The Bertz CT molecular complexity index is 1120. The van der Waals surface area contributed by atoms with Crippen molar-refractivity contribution in [3.8, 4) is 11.5 Å². The first-order valence-electron chi connectivity index (χ1n) is 10.8. The summed E-state index contributed by atoms with van der Waals surface area (Å²) in [6.45, 7) is 5.37. The predicted molar refractivity (Wildman–Crippen MR) is 129 cm³/mol. The average molecular weight is 485 g/mol. The lowest BCUT2D eigenvalue weighted by Crippen LogP contribution is -2.30. The molecule has 3 rings (SSSR count). The number of carbonyl (C=O) groups is 2. The molecule has 0 aliphatic carbocycles. The van der Waals surface area contributed by atoms with E-state index in [2.05, 4.69) is 20.8 Å². The number of aryl methyl sites for hydroxylation is 1. The number of rotatable bonds is 11. The molecule has 0 atom stereocenters. The first kappa shape index (κ1) is 25.0. The van der Waals surface area contributed by atoms with Gasteiger partial charge in [-0.3, -0.25) is 9.59 Å². The van der Waals surface area contributed by atoms with Gasteiger partial charge in [-0.05, 0) is 66.2 Å². The molecular formula is C23H28N6O4S. The second-order valence-electron chi connectivity index (χ2n) is 7.24. The van der Waals surface area contributed by atoms with Crippen molar-refractivity contribution in [1.82, 2.24) is 25.1 Å². The molecular weight excluding hydrogens is 456 g/mol. The van der Waals surface area contributed by atoms with Crippen molar-refractivity contribution in [2.45, 2.75) is 25.5 Å². The zero-order chi connectivity index (χ0) is 24.5. The Kier molecular flexibility index (Phi) is 8.86. The van der Waals surface area contributed by atoms with Crippen molar-refractivity contribution in [3.05, 3.63) is 53.6 Å². The van der Waals surface area contributed by atoms with Gasteiger partial charge in [0.15, 0.2) is 11.5 Å². The van der Waals surface area contributed by atoms with Crippen LogP contribution in [-0.4, -0.2) is 62.9 Å². The van der Waals surface area contributed by atoms with Gasteiger partial charge < -0.3 is 19.7 Å². The number of tetrazole rings is 1. The fourth-order valence-electron chi connectivity index (χ4n) is 3.18. The molecule has 0 aliphatic rings. The molecule has 0 unspecified atom stereocenters. The van der Waals surface area contributed by atoms with Crippen LogP contribution in [0.1, 0.15) is 29.8 Å². The zero-order valence-corrected chi connectivity index (χ0v) is 20.5. The van der Waals surface area contributed by atoms with Gasteiger partial charge >= 0.3 is 0 Å². The molecule has 1 aromatic heterocycles. The molecule has 10 nitrogen and oxygen atoms in total. The number of ether oxygens (including phenoxy) is 2. The van der Waals surface area contributed by atoms with Crippen LogP contribution in [0.3, 0.4) is 0 Å². The molecule has 180 valence electrons. The van der Waals surface area contributed by atoms with E-state index in [0.29, 0.717) is 47.6 Å². The summed E-state index contributed by atoms with van der Waals surface area (Å²) in [5, 5.41) is 14.5. The SMILES string of the molecule is CCOc1ccc(CN(CC)C(=O)c2ccc(NC(=O)CSc3nnnn3C)cc2)cc1OC. The maximum absolute atomic E-state index is 13.1. The van der Waals surface area contributed by atoms with Gasteiger partial charge in [0.05, 0.1) is 19.5 Å². The summed E-state index contributed by atoms with van der Waals surface area (Å²) in [6.07, 6.45) is 0. The zero-order valence-electron chi connectivity index (χ0n) is 19.6. The summed E-state index contributed by atoms with van der Waals surface area (Å²) in [5.41, 5.74) is 2.09. The topological polar surface area (TPSA) is 111 Å². The van der Waals surface area contributed by atoms with Crippen molar-refractivity contribution in [3.63, 3.8) is 0 Å². The number of amides is 2. The fourth-order valence-corrected chi connectivity index (χ4v) is 3.83. The summed E-state index contributed by atoms with van der Waals surface area (Å²) < 4.78 is 12.5. The van der Waals surface area contributed by atoms with Gasteiger partial charge in [-0.1, -0.05) is 17.8 Å². The van der Waals surface area contributed by atoms with Gasteiger partial charge in [-0.25, -0.2) is 4.68 Å². The van der Waals surface area contributed by atoms with Crippen LogP contribution >= 0.6 is 11.8 Å². The fraction of sp³-hybridized carbons (Fsp3) is 0.348. The third kappa shape index (κ3) is 6.47. The van der Waals surface area contributed by atoms with E-state index in [1.807, 2.05) is 32.0 Å². The van der Waals surface area contributed by atoms with E-state index >= 15 is 0 Å². The predicted octanol–water partition coefficient (Wildman–Crippen LogP) is 3.01. The molecule has 0 saturated heterocycles. The molecule has 0 fully saturated rings. The highest BCUT2D eigenvalue weighted by Crippen LogP contribution is 2.28. The molecule has 0 bridgehead atoms. The summed E-state index contributed by atoms with van der Waals surface area (Å²) in [6, 6.07) is 12.5. The highest BCUT2D eigenvalue weighted by molar-refractivity contribution is 7.99. The maximum Gasteiger partial charge on any atom is 0.254 e. The number of anilines is 1. The highest BCUT2D eigenvalue weighted by atomic mass is 32.2. The van der Waals surface area contributed by atoms with E-state index in [0.717, 1.165) is 5.56 Å². The number of nitrogens with zero attached hydrogens (tertiary/aromatic N) is 5. The number of methoxy groups -OCH3 is 1. The van der Waals surface area contributed by atoms with Crippen LogP contribution in [0.4, 0.5) is 5.69 Å². The molecule has 2 amide bonds. The van der Waals surface area contributed by atoms with Crippen LogP contribution in [0.5, 0.6) is 11.5 Å². The number of nitrogens with one attached hydrogen (secondary N) is 1. The Labute approximate surface area is 202 Å². The van der Waals surface area contributed by atoms with E-state index in [4.69, 9.17) is 9.47 Å². The Morgan fingerprint density at radius 2 is 1.88 bits per heavy atom. The van der Waals surface area contributed by atoms with Gasteiger partial charge in [0, 0.05) is 31.4 Å². The largest absolute Gasteiger partial charge is 0.493 e. The summed E-state index contributed by atoms with van der Waals surface area (Å²) >= 11 is 1.24. The Hall–Kier alpha value is -3.60. The number of carbonyl (C=O) groups excluding carboxylic acids is 2. The lowest BCUT2D eigenvalue weighted by molar-refractivity contribution is -0.113. The number of hydrogen-bond donors (Lipinski definition) is 1. The minimum Gasteiger partial charge on any atom is -0.493 e. The monoisotopic (exact) mass is 484 g/mol. The van der Waals surface area contributed by atoms with Gasteiger partial charge in [0.1, 0.15) is 0 Å². The van der Waals surface area contributed by atoms with Crippen molar-refractivity contribution >= 4 is 29.3 Å². The third-order valence-electron chi connectivity index (χ3n) is 4.90. The lowest BCUT2D eigenvalue weighted by atomic mass is 10.1. The molecule has 0 aliphatic heterocycles. The first-order chi connectivity index (χ1) is 16.4. The molecule has 2 aromatic carbocycles. The standard InChI is InChI=1S/C23H28N6O4S/c1-5-29(14-16-7-12-19(33-6-2)20(13-16)32-4)22(31)17-8-10-18(11-9-17)24-21(30)15-34-23-25-26-27-28(23)3/h7-13H,5-6,14-15H2,1-4H3,(H,24,30). The van der Waals surface area contributed by atoms with E-state index in [1.165, 1.54) is 16.4 Å². The van der Waals surface area contributed by atoms with Gasteiger partial charge in [0.25, 0.3) is 5.91 Å². The van der Waals surface area contributed by atoms with Crippen LogP contribution in [0.2, 0.25) is 0 Å². The third-order valence-corrected chi connectivity index (χ3v) is 5.91. The lowest BCUT2D eigenvalue weighted by Gasteiger charge is -2.22. The number of hydrogen-bond acceptors (Lipinski definition) is 8. The number of thioether (sulfide) groups is 1. The summed E-state index contributed by atoms with van der Waals surface area (Å²) in [4.78, 5) is 27.0. The normalized spacial score (nSPS) is 10.6. The Morgan fingerprint density at radius 1 is 1.12 bits per heavy atom. The maximum atomic E-state index is 13.1. The van der Waals surface area contributed by atoms with Crippen molar-refractivity contribution in [1.29, 1.82) is 0 Å². The number of aromatic nitrogens is 4. The quantitative estimate of drug-likeness (QED) is 0.414. The molecule has 0 spiro atoms. The van der Waals surface area contributed by atoms with Crippen molar-refractivity contribution < 1.29 is 19.1 Å². The second kappa shape index (κ2) is 12.0. The summed E-state index contributed by atoms with van der Waals surface area (Å²) in [5.74, 6) is 1.19. The van der Waals surface area contributed by atoms with E-state index in [9.17, 15) is 9.59 Å². The van der Waals surface area contributed by atoms with E-state index in [-0.39, 0.29) is 17.6 Å². The number of benzene rings is 2. The minimum atomic E-state index is -0.188. The molecule has 1 heterocycles. The molecule has 1 N–H and O–H groups in total. The molecule has 0 saturated carbocycles. The first-order valence-corrected chi connectivity index (χ1v) is 11.8. The average Bonchev–Trinajstić information content (AvgIpc) is 3.26. The Balaban J connectivity index is 1.59. The van der Waals surface area contributed by atoms with Gasteiger partial charge in [0.2, 0.25) is 11.1 Å². The van der Waals surface area contributed by atoms with Crippen molar-refractivity contribution in [2.24, 2.45) is 7.05 Å². The van der Waals surface area contributed by atoms with E-state index < -0.39 is 0 Å². The minimum absolute atomic E-state index is 0.0986. The van der Waals surface area contributed by atoms with Crippen LogP contribution in [0.25, 0.3) is 0 Å². The Morgan fingerprint density at radius 3 is 2.50 bits per heavy atom. The van der Waals surface area contributed by atoms with E-state index in [1.54, 1.807) is 43.3 Å². The highest BCUT2D eigenvalue weighted by Gasteiger charge is 2.16. The molecule has 34 heavy (non-hydrogen) atoms. The van der Waals surface area contributed by atoms with Crippen LogP contribution in [0, 0.1) is 0 Å². The smallest absolute Gasteiger partial charge is 0.254 e. The van der Waals surface area contributed by atoms with Crippen molar-refractivity contribution in [2.75, 3.05) is 31.3 Å². The summed E-state index contributed by atoms with van der Waals surface area (Å²) in [7, 11) is 3.30. The van der Waals surface area contributed by atoms with Gasteiger partial charge in [-0.15, -0.1) is 5.10 Å².